The second kappa shape index (κ2) is 19.5. The zero-order valence-corrected chi connectivity index (χ0v) is 19.1. The first-order valence-corrected chi connectivity index (χ1v) is 12.9. The molecule has 0 aliphatic heterocycles. The third-order valence-electron chi connectivity index (χ3n) is 4.86. The van der Waals surface area contributed by atoms with Crippen molar-refractivity contribution in [2.45, 2.75) is 116 Å². The molecule has 0 heterocycles. The molecule has 0 aliphatic carbocycles. The summed E-state index contributed by atoms with van der Waals surface area (Å²) in [5, 5.41) is 9.42. The van der Waals surface area contributed by atoms with Gasteiger partial charge in [0.1, 0.15) is 12.7 Å². The molecule has 0 fully saturated rings. The lowest BCUT2D eigenvalue weighted by Crippen LogP contribution is -2.23. The summed E-state index contributed by atoms with van der Waals surface area (Å²) in [7, 11) is -4.61. The normalized spacial score (nSPS) is 12.8. The SMILES string of the molecule is CCCCCCCCCCCCCCCCCC(=O)OCC(O)COP(=O)(O)O. The van der Waals surface area contributed by atoms with Crippen LogP contribution in [0.3, 0.4) is 0 Å². The number of unbranched alkanes of at least 4 members (excludes halogenated alkanes) is 14. The van der Waals surface area contributed by atoms with Crippen molar-refractivity contribution in [1.29, 1.82) is 0 Å². The zero-order valence-electron chi connectivity index (χ0n) is 18.2. The van der Waals surface area contributed by atoms with Crippen molar-refractivity contribution < 1.29 is 33.5 Å². The summed E-state index contributed by atoms with van der Waals surface area (Å²) in [4.78, 5) is 28.6. The fourth-order valence-electron chi connectivity index (χ4n) is 3.13. The van der Waals surface area contributed by atoms with Crippen molar-refractivity contribution in [3.63, 3.8) is 0 Å². The van der Waals surface area contributed by atoms with Crippen LogP contribution in [0.4, 0.5) is 0 Å². The Hall–Kier alpha value is -0.460. The third-order valence-corrected chi connectivity index (χ3v) is 5.34. The van der Waals surface area contributed by atoms with Gasteiger partial charge in [0.25, 0.3) is 0 Å². The first kappa shape index (κ1) is 28.5. The van der Waals surface area contributed by atoms with Crippen LogP contribution in [0, 0.1) is 0 Å². The smallest absolute Gasteiger partial charge is 0.463 e. The van der Waals surface area contributed by atoms with Crippen molar-refractivity contribution in [2.24, 2.45) is 0 Å². The van der Waals surface area contributed by atoms with E-state index in [0.29, 0.717) is 6.42 Å². The lowest BCUT2D eigenvalue weighted by atomic mass is 10.0. The monoisotopic (exact) mass is 438 g/mol. The number of carbonyl (C=O) groups excluding carboxylic acids is 1. The molecule has 3 N–H and O–H groups in total. The van der Waals surface area contributed by atoms with E-state index in [0.717, 1.165) is 19.3 Å². The van der Waals surface area contributed by atoms with Crippen molar-refractivity contribution >= 4 is 13.8 Å². The summed E-state index contributed by atoms with van der Waals surface area (Å²) >= 11 is 0. The number of phosphoric acid groups is 1. The Bertz CT molecular complexity index is 425. The summed E-state index contributed by atoms with van der Waals surface area (Å²) in [5.41, 5.74) is 0. The lowest BCUT2D eigenvalue weighted by molar-refractivity contribution is -0.147. The molecule has 0 radical (unpaired) electrons. The number of ether oxygens (including phenoxy) is 1. The van der Waals surface area contributed by atoms with Crippen molar-refractivity contribution in [3.8, 4) is 0 Å². The Morgan fingerprint density at radius 2 is 1.17 bits per heavy atom. The first-order chi connectivity index (χ1) is 13.8. The van der Waals surface area contributed by atoms with E-state index in [1.807, 2.05) is 0 Å². The van der Waals surface area contributed by atoms with Crippen LogP contribution in [0.5, 0.6) is 0 Å². The van der Waals surface area contributed by atoms with Gasteiger partial charge in [0.05, 0.1) is 6.61 Å². The van der Waals surface area contributed by atoms with E-state index in [9.17, 15) is 14.5 Å². The highest BCUT2D eigenvalue weighted by Gasteiger charge is 2.17. The average Bonchev–Trinajstić information content (AvgIpc) is 2.67. The number of esters is 1. The molecule has 7 nitrogen and oxygen atoms in total. The first-order valence-electron chi connectivity index (χ1n) is 11.4. The van der Waals surface area contributed by atoms with E-state index < -0.39 is 26.5 Å². The van der Waals surface area contributed by atoms with Gasteiger partial charge in [-0.05, 0) is 6.42 Å². The Morgan fingerprint density at radius 3 is 1.59 bits per heavy atom. The molecule has 1 atom stereocenters. The van der Waals surface area contributed by atoms with Crippen molar-refractivity contribution in [3.05, 3.63) is 0 Å². The second-order valence-electron chi connectivity index (χ2n) is 7.82. The van der Waals surface area contributed by atoms with Gasteiger partial charge in [-0.1, -0.05) is 96.8 Å². The van der Waals surface area contributed by atoms with E-state index in [-0.39, 0.29) is 6.61 Å². The average molecular weight is 439 g/mol. The van der Waals surface area contributed by atoms with Crippen LogP contribution in [0.1, 0.15) is 110 Å². The molecule has 0 aliphatic rings. The Kier molecular flexibility index (Phi) is 19.2. The van der Waals surface area contributed by atoms with Crippen LogP contribution in [-0.2, 0) is 18.6 Å². The number of carbonyl (C=O) groups is 1. The van der Waals surface area contributed by atoms with Crippen LogP contribution in [0.15, 0.2) is 0 Å². The minimum Gasteiger partial charge on any atom is -0.463 e. The maximum Gasteiger partial charge on any atom is 0.469 e. The van der Waals surface area contributed by atoms with Gasteiger partial charge in [-0.3, -0.25) is 9.32 Å². The highest BCUT2D eigenvalue weighted by Crippen LogP contribution is 2.35. The summed E-state index contributed by atoms with van der Waals surface area (Å²) in [6.45, 7) is 1.36. The fraction of sp³-hybridized carbons (Fsp3) is 0.952. The topological polar surface area (TPSA) is 113 Å². The minimum absolute atomic E-state index is 0.296. The Morgan fingerprint density at radius 1 is 0.759 bits per heavy atom. The number of aliphatic hydroxyl groups is 1. The summed E-state index contributed by atoms with van der Waals surface area (Å²) in [5.74, 6) is -0.407. The van der Waals surface area contributed by atoms with Crippen LogP contribution in [0.2, 0.25) is 0 Å². The van der Waals surface area contributed by atoms with Gasteiger partial charge >= 0.3 is 13.8 Å². The second-order valence-corrected chi connectivity index (χ2v) is 9.06. The molecular weight excluding hydrogens is 395 g/mol. The van der Waals surface area contributed by atoms with Crippen LogP contribution >= 0.6 is 7.82 Å². The largest absolute Gasteiger partial charge is 0.469 e. The number of aliphatic hydroxyl groups excluding tert-OH is 1. The number of hydrogen-bond acceptors (Lipinski definition) is 5. The van der Waals surface area contributed by atoms with E-state index in [4.69, 9.17) is 14.5 Å². The summed E-state index contributed by atoms with van der Waals surface area (Å²) in [6, 6.07) is 0. The zero-order chi connectivity index (χ0) is 21.8. The van der Waals surface area contributed by atoms with Crippen LogP contribution in [0.25, 0.3) is 0 Å². The predicted octanol–water partition coefficient (Wildman–Crippen LogP) is 5.26. The molecule has 0 rings (SSSR count). The summed E-state index contributed by atoms with van der Waals surface area (Å²) in [6.07, 6.45) is 18.0. The van der Waals surface area contributed by atoms with Crippen molar-refractivity contribution in [2.75, 3.05) is 13.2 Å². The van der Waals surface area contributed by atoms with Gasteiger partial charge in [0.15, 0.2) is 0 Å². The Labute approximate surface area is 176 Å². The van der Waals surface area contributed by atoms with Crippen molar-refractivity contribution in [1.82, 2.24) is 0 Å². The van der Waals surface area contributed by atoms with Gasteiger partial charge in [0, 0.05) is 6.42 Å². The van der Waals surface area contributed by atoms with Gasteiger partial charge in [-0.2, -0.15) is 0 Å². The quantitative estimate of drug-likeness (QED) is 0.127. The van der Waals surface area contributed by atoms with Gasteiger partial charge in [-0.25, -0.2) is 4.57 Å². The maximum atomic E-state index is 11.6. The van der Waals surface area contributed by atoms with E-state index >= 15 is 0 Å². The van der Waals surface area contributed by atoms with Gasteiger partial charge in [0.2, 0.25) is 0 Å². The molecule has 0 aromatic rings. The maximum absolute atomic E-state index is 11.6. The predicted molar refractivity (Wildman–Crippen MR) is 115 cm³/mol. The molecule has 0 saturated carbocycles. The molecule has 8 heteroatoms. The van der Waals surface area contributed by atoms with Crippen LogP contribution < -0.4 is 0 Å². The Balaban J connectivity index is 3.29. The van der Waals surface area contributed by atoms with Gasteiger partial charge in [-0.15, -0.1) is 0 Å². The standard InChI is InChI=1S/C21H43O7P/c1-2-3-4-5-6-7-8-9-10-11-12-13-14-15-16-17-21(23)27-18-20(22)19-28-29(24,25)26/h20,22H,2-19H2,1H3,(H2,24,25,26). The highest BCUT2D eigenvalue weighted by molar-refractivity contribution is 7.46. The van der Waals surface area contributed by atoms with E-state index in [1.165, 1.54) is 77.0 Å². The number of phosphoric ester groups is 1. The molecule has 0 aromatic carbocycles. The molecule has 0 aromatic heterocycles. The number of rotatable bonds is 21. The molecule has 174 valence electrons. The molecule has 0 amide bonds. The number of hydrogen-bond donors (Lipinski definition) is 3. The molecule has 0 spiro atoms. The highest BCUT2D eigenvalue weighted by atomic mass is 31.2. The summed E-state index contributed by atoms with van der Waals surface area (Å²) < 4.78 is 19.5. The lowest BCUT2D eigenvalue weighted by Gasteiger charge is -2.12. The third kappa shape index (κ3) is 23.7. The fourth-order valence-corrected chi connectivity index (χ4v) is 3.50. The molecular formula is C21H43O7P. The molecule has 0 saturated heterocycles. The molecule has 1 unspecified atom stereocenters. The van der Waals surface area contributed by atoms with E-state index in [2.05, 4.69) is 11.4 Å². The van der Waals surface area contributed by atoms with Gasteiger partial charge < -0.3 is 19.6 Å². The van der Waals surface area contributed by atoms with Crippen LogP contribution in [-0.4, -0.2) is 40.2 Å². The molecule has 29 heavy (non-hydrogen) atoms. The van der Waals surface area contributed by atoms with E-state index in [1.54, 1.807) is 0 Å². The molecule has 0 bridgehead atoms. The minimum atomic E-state index is -4.61.